The van der Waals surface area contributed by atoms with Crippen LogP contribution in [-0.2, 0) is 0 Å². The van der Waals surface area contributed by atoms with Crippen molar-refractivity contribution in [2.75, 3.05) is 17.7 Å². The molecular formula is C17H20N2O. The highest BCUT2D eigenvalue weighted by molar-refractivity contribution is 5.70. The molecule has 1 heterocycles. The van der Waals surface area contributed by atoms with E-state index in [-0.39, 0.29) is 0 Å². The second kappa shape index (κ2) is 5.45. The lowest BCUT2D eigenvalue weighted by atomic mass is 10.0. The summed E-state index contributed by atoms with van der Waals surface area (Å²) >= 11 is 0. The molecule has 1 aliphatic heterocycles. The quantitative estimate of drug-likeness (QED) is 0.862. The molecule has 0 unspecified atom stereocenters. The summed E-state index contributed by atoms with van der Waals surface area (Å²) in [6.45, 7) is 2.22. The molecule has 0 radical (unpaired) electrons. The molecule has 3 rings (SSSR count). The molecule has 0 amide bonds. The van der Waals surface area contributed by atoms with Gasteiger partial charge in [-0.2, -0.15) is 0 Å². The van der Waals surface area contributed by atoms with E-state index >= 15 is 0 Å². The summed E-state index contributed by atoms with van der Waals surface area (Å²) in [6.07, 6.45) is 1.04. The van der Waals surface area contributed by atoms with Crippen LogP contribution in [0.25, 0.3) is 0 Å². The molecule has 0 saturated carbocycles. The summed E-state index contributed by atoms with van der Waals surface area (Å²) in [5.74, 6) is 0.897. The summed E-state index contributed by atoms with van der Waals surface area (Å²) < 4.78 is 5.23. The number of hydrogen-bond acceptors (Lipinski definition) is 3. The van der Waals surface area contributed by atoms with Crippen LogP contribution in [0.5, 0.6) is 5.75 Å². The largest absolute Gasteiger partial charge is 0.497 e. The zero-order valence-corrected chi connectivity index (χ0v) is 11.9. The van der Waals surface area contributed by atoms with Crippen LogP contribution in [0, 0.1) is 0 Å². The minimum Gasteiger partial charge on any atom is -0.497 e. The number of ether oxygens (including phenoxy) is 1. The molecule has 0 saturated heterocycles. The number of hydrogen-bond donors (Lipinski definition) is 2. The van der Waals surface area contributed by atoms with Crippen molar-refractivity contribution < 1.29 is 4.74 Å². The third kappa shape index (κ3) is 2.57. The molecule has 0 spiro atoms. The van der Waals surface area contributed by atoms with Gasteiger partial charge in [0.05, 0.1) is 24.5 Å². The number of nitrogens with one attached hydrogen (secondary N) is 2. The van der Waals surface area contributed by atoms with Gasteiger partial charge in [0.1, 0.15) is 5.75 Å². The number of benzene rings is 2. The maximum atomic E-state index is 5.23. The van der Waals surface area contributed by atoms with Crippen molar-refractivity contribution >= 4 is 11.4 Å². The minimum absolute atomic E-state index is 0.312. The highest BCUT2D eigenvalue weighted by Crippen LogP contribution is 2.33. The summed E-state index contributed by atoms with van der Waals surface area (Å²) in [4.78, 5) is 0. The molecular weight excluding hydrogens is 248 g/mol. The molecule has 3 heteroatoms. The number of methoxy groups -OCH3 is 1. The van der Waals surface area contributed by atoms with Crippen LogP contribution in [0.15, 0.2) is 48.5 Å². The summed E-state index contributed by atoms with van der Waals surface area (Å²) in [7, 11) is 1.70. The van der Waals surface area contributed by atoms with E-state index in [1.54, 1.807) is 7.11 Å². The SMILES string of the molecule is COc1ccc([C@@H]2C[C@H](C)Nc3ccccc3N2)cc1. The molecule has 2 aromatic carbocycles. The Morgan fingerprint density at radius 3 is 2.25 bits per heavy atom. The first-order valence-electron chi connectivity index (χ1n) is 7.02. The van der Waals surface area contributed by atoms with Gasteiger partial charge in [0.15, 0.2) is 0 Å². The zero-order valence-electron chi connectivity index (χ0n) is 11.9. The van der Waals surface area contributed by atoms with Gasteiger partial charge < -0.3 is 15.4 Å². The Labute approximate surface area is 120 Å². The fraction of sp³-hybridized carbons (Fsp3) is 0.294. The first-order valence-corrected chi connectivity index (χ1v) is 7.02. The second-order valence-corrected chi connectivity index (χ2v) is 5.30. The zero-order chi connectivity index (χ0) is 13.9. The molecule has 3 nitrogen and oxygen atoms in total. The Bertz CT molecular complexity index is 580. The van der Waals surface area contributed by atoms with Crippen molar-refractivity contribution in [2.24, 2.45) is 0 Å². The topological polar surface area (TPSA) is 33.3 Å². The Balaban J connectivity index is 1.89. The summed E-state index contributed by atoms with van der Waals surface area (Å²) in [5, 5.41) is 7.20. The van der Waals surface area contributed by atoms with E-state index in [1.165, 1.54) is 11.3 Å². The average Bonchev–Trinajstić information content (AvgIpc) is 2.65. The predicted octanol–water partition coefficient (Wildman–Crippen LogP) is 4.05. The van der Waals surface area contributed by atoms with E-state index in [1.807, 2.05) is 12.1 Å². The molecule has 2 N–H and O–H groups in total. The standard InChI is InChI=1S/C17H20N2O/c1-12-11-17(13-7-9-14(20-2)10-8-13)19-16-6-4-3-5-15(16)18-12/h3-10,12,17-19H,11H2,1-2H3/t12-,17-/m0/s1. The van der Waals surface area contributed by atoms with Gasteiger partial charge >= 0.3 is 0 Å². The first kappa shape index (κ1) is 12.9. The molecule has 20 heavy (non-hydrogen) atoms. The Hall–Kier alpha value is -2.16. The fourth-order valence-electron chi connectivity index (χ4n) is 2.72. The van der Waals surface area contributed by atoms with Crippen LogP contribution < -0.4 is 15.4 Å². The van der Waals surface area contributed by atoms with Crippen molar-refractivity contribution in [3.8, 4) is 5.75 Å². The van der Waals surface area contributed by atoms with Crippen molar-refractivity contribution in [3.63, 3.8) is 0 Å². The monoisotopic (exact) mass is 268 g/mol. The van der Waals surface area contributed by atoms with Crippen LogP contribution in [0.4, 0.5) is 11.4 Å². The molecule has 0 bridgehead atoms. The van der Waals surface area contributed by atoms with Crippen LogP contribution >= 0.6 is 0 Å². The summed E-state index contributed by atoms with van der Waals surface area (Å²) in [6, 6.07) is 17.4. The number of para-hydroxylation sites is 2. The second-order valence-electron chi connectivity index (χ2n) is 5.30. The van der Waals surface area contributed by atoms with E-state index in [0.29, 0.717) is 12.1 Å². The van der Waals surface area contributed by atoms with Crippen molar-refractivity contribution in [1.29, 1.82) is 0 Å². The number of fused-ring (bicyclic) bond motifs is 1. The van der Waals surface area contributed by atoms with E-state index in [2.05, 4.69) is 54.0 Å². The van der Waals surface area contributed by atoms with Crippen molar-refractivity contribution in [2.45, 2.75) is 25.4 Å². The lowest BCUT2D eigenvalue weighted by Crippen LogP contribution is -2.18. The lowest BCUT2D eigenvalue weighted by molar-refractivity contribution is 0.414. The van der Waals surface area contributed by atoms with Gasteiger partial charge in [-0.25, -0.2) is 0 Å². The normalized spacial score (nSPS) is 21.1. The number of anilines is 2. The number of rotatable bonds is 2. The molecule has 0 aliphatic carbocycles. The van der Waals surface area contributed by atoms with Gasteiger partial charge in [-0.15, -0.1) is 0 Å². The Morgan fingerprint density at radius 1 is 0.950 bits per heavy atom. The third-order valence-corrected chi connectivity index (χ3v) is 3.77. The van der Waals surface area contributed by atoms with Gasteiger partial charge in [-0.3, -0.25) is 0 Å². The molecule has 0 fully saturated rings. The van der Waals surface area contributed by atoms with Gasteiger partial charge in [-0.05, 0) is 43.2 Å². The Morgan fingerprint density at radius 2 is 1.60 bits per heavy atom. The first-order chi connectivity index (χ1) is 9.76. The molecule has 2 aromatic rings. The maximum absolute atomic E-state index is 5.23. The van der Waals surface area contributed by atoms with E-state index in [9.17, 15) is 0 Å². The highest BCUT2D eigenvalue weighted by atomic mass is 16.5. The fourth-order valence-corrected chi connectivity index (χ4v) is 2.72. The maximum Gasteiger partial charge on any atom is 0.118 e. The van der Waals surface area contributed by atoms with Crippen LogP contribution in [0.3, 0.4) is 0 Å². The van der Waals surface area contributed by atoms with Crippen molar-refractivity contribution in [3.05, 3.63) is 54.1 Å². The van der Waals surface area contributed by atoms with E-state index < -0.39 is 0 Å². The molecule has 104 valence electrons. The van der Waals surface area contributed by atoms with Gasteiger partial charge in [-0.1, -0.05) is 24.3 Å². The minimum atomic E-state index is 0.312. The van der Waals surface area contributed by atoms with Gasteiger partial charge in [0.25, 0.3) is 0 Å². The Kier molecular flexibility index (Phi) is 3.50. The van der Waals surface area contributed by atoms with Gasteiger partial charge in [0.2, 0.25) is 0 Å². The van der Waals surface area contributed by atoms with E-state index in [0.717, 1.165) is 17.9 Å². The van der Waals surface area contributed by atoms with Gasteiger partial charge in [0, 0.05) is 6.04 Å². The van der Waals surface area contributed by atoms with Crippen LogP contribution in [-0.4, -0.2) is 13.2 Å². The van der Waals surface area contributed by atoms with Crippen molar-refractivity contribution in [1.82, 2.24) is 0 Å². The lowest BCUT2D eigenvalue weighted by Gasteiger charge is -2.20. The highest BCUT2D eigenvalue weighted by Gasteiger charge is 2.20. The smallest absolute Gasteiger partial charge is 0.118 e. The molecule has 1 aliphatic rings. The molecule has 2 atom stereocenters. The predicted molar refractivity (Wildman–Crippen MR) is 83.5 cm³/mol. The van der Waals surface area contributed by atoms with Crippen LogP contribution in [0.2, 0.25) is 0 Å². The van der Waals surface area contributed by atoms with E-state index in [4.69, 9.17) is 4.74 Å². The third-order valence-electron chi connectivity index (χ3n) is 3.77. The molecule has 0 aromatic heterocycles. The summed E-state index contributed by atoms with van der Waals surface area (Å²) in [5.41, 5.74) is 3.63. The van der Waals surface area contributed by atoms with Crippen LogP contribution in [0.1, 0.15) is 24.9 Å². The average molecular weight is 268 g/mol.